The number of piperidine rings is 1. The third-order valence-electron chi connectivity index (χ3n) is 3.82. The van der Waals surface area contributed by atoms with Gasteiger partial charge in [0.2, 0.25) is 0 Å². The van der Waals surface area contributed by atoms with E-state index in [2.05, 4.69) is 14.9 Å². The number of hydrogen-bond acceptors (Lipinski definition) is 6. The van der Waals surface area contributed by atoms with Crippen LogP contribution in [0.5, 0.6) is 0 Å². The highest BCUT2D eigenvalue weighted by molar-refractivity contribution is 7.20. The van der Waals surface area contributed by atoms with E-state index in [1.54, 1.807) is 6.33 Å². The Morgan fingerprint density at radius 2 is 2.10 bits per heavy atom. The second kappa shape index (κ2) is 5.97. The van der Waals surface area contributed by atoms with Gasteiger partial charge in [-0.05, 0) is 38.7 Å². The molecule has 1 aliphatic rings. The molecule has 0 amide bonds. The zero-order valence-corrected chi connectivity index (χ0v) is 13.2. The molecule has 2 aromatic heterocycles. The standard InChI is InChI=1S/C15H19N3O2S/c1-3-20-15(19)12-10(2)11-13(16-9-17-14(11)21-12)18-7-5-4-6-8-18/h9H,3-8H2,1-2H3. The molecule has 0 atom stereocenters. The lowest BCUT2D eigenvalue weighted by Crippen LogP contribution is -2.30. The van der Waals surface area contributed by atoms with Crippen molar-refractivity contribution >= 4 is 33.3 Å². The quantitative estimate of drug-likeness (QED) is 0.815. The van der Waals surface area contributed by atoms with E-state index in [-0.39, 0.29) is 5.97 Å². The van der Waals surface area contributed by atoms with Crippen LogP contribution in [-0.4, -0.2) is 35.6 Å². The zero-order valence-electron chi connectivity index (χ0n) is 12.4. The SMILES string of the molecule is CCOC(=O)c1sc2ncnc(N3CCCCC3)c2c1C. The highest BCUT2D eigenvalue weighted by atomic mass is 32.1. The second-order valence-electron chi connectivity index (χ2n) is 5.20. The summed E-state index contributed by atoms with van der Waals surface area (Å²) in [4.78, 5) is 24.7. The molecular weight excluding hydrogens is 286 g/mol. The number of rotatable bonds is 3. The first-order valence-electron chi connectivity index (χ1n) is 7.38. The summed E-state index contributed by atoms with van der Waals surface area (Å²) in [5.41, 5.74) is 0.939. The molecule has 6 heteroatoms. The van der Waals surface area contributed by atoms with Crippen LogP contribution in [0.2, 0.25) is 0 Å². The number of carbonyl (C=O) groups excluding carboxylic acids is 1. The molecule has 112 valence electrons. The Bertz CT molecular complexity index is 662. The monoisotopic (exact) mass is 305 g/mol. The molecule has 0 N–H and O–H groups in total. The molecular formula is C15H19N3O2S. The number of nitrogens with zero attached hydrogens (tertiary/aromatic N) is 3. The van der Waals surface area contributed by atoms with Crippen molar-refractivity contribution < 1.29 is 9.53 Å². The zero-order chi connectivity index (χ0) is 14.8. The molecule has 0 bridgehead atoms. The number of ether oxygens (including phenoxy) is 1. The topological polar surface area (TPSA) is 55.3 Å². The number of fused-ring (bicyclic) bond motifs is 1. The van der Waals surface area contributed by atoms with Crippen molar-refractivity contribution in [1.82, 2.24) is 9.97 Å². The lowest BCUT2D eigenvalue weighted by atomic mass is 10.1. The van der Waals surface area contributed by atoms with Gasteiger partial charge in [0.1, 0.15) is 21.9 Å². The Balaban J connectivity index is 2.07. The van der Waals surface area contributed by atoms with Gasteiger partial charge in [0.05, 0.1) is 12.0 Å². The first-order chi connectivity index (χ1) is 10.2. The van der Waals surface area contributed by atoms with Crippen molar-refractivity contribution in [3.8, 4) is 0 Å². The average Bonchev–Trinajstić information content (AvgIpc) is 2.86. The van der Waals surface area contributed by atoms with Gasteiger partial charge in [0.15, 0.2) is 0 Å². The van der Waals surface area contributed by atoms with Crippen molar-refractivity contribution in [1.29, 1.82) is 0 Å². The fraction of sp³-hybridized carbons (Fsp3) is 0.533. The van der Waals surface area contributed by atoms with E-state index in [4.69, 9.17) is 4.74 Å². The summed E-state index contributed by atoms with van der Waals surface area (Å²) in [5.74, 6) is 0.701. The molecule has 2 aromatic rings. The van der Waals surface area contributed by atoms with E-state index in [9.17, 15) is 4.79 Å². The fourth-order valence-electron chi connectivity index (χ4n) is 2.79. The number of carbonyl (C=O) groups is 1. The minimum atomic E-state index is -0.261. The molecule has 3 heterocycles. The van der Waals surface area contributed by atoms with Gasteiger partial charge in [-0.3, -0.25) is 0 Å². The van der Waals surface area contributed by atoms with Crippen LogP contribution >= 0.6 is 11.3 Å². The van der Waals surface area contributed by atoms with Crippen LogP contribution in [0.15, 0.2) is 6.33 Å². The van der Waals surface area contributed by atoms with Gasteiger partial charge >= 0.3 is 5.97 Å². The highest BCUT2D eigenvalue weighted by Crippen LogP contribution is 2.35. The van der Waals surface area contributed by atoms with Gasteiger partial charge in [0.25, 0.3) is 0 Å². The van der Waals surface area contributed by atoms with E-state index < -0.39 is 0 Å². The summed E-state index contributed by atoms with van der Waals surface area (Å²) in [6, 6.07) is 0. The first-order valence-corrected chi connectivity index (χ1v) is 8.20. The van der Waals surface area contributed by atoms with Crippen LogP contribution in [0.1, 0.15) is 41.4 Å². The summed E-state index contributed by atoms with van der Waals surface area (Å²) in [5, 5.41) is 1.01. The maximum atomic E-state index is 12.0. The maximum absolute atomic E-state index is 12.0. The summed E-state index contributed by atoms with van der Waals surface area (Å²) < 4.78 is 5.13. The maximum Gasteiger partial charge on any atom is 0.348 e. The van der Waals surface area contributed by atoms with Crippen molar-refractivity contribution in [2.75, 3.05) is 24.6 Å². The first kappa shape index (κ1) is 14.3. The molecule has 0 aromatic carbocycles. The van der Waals surface area contributed by atoms with E-state index in [0.29, 0.717) is 11.5 Å². The molecule has 3 rings (SSSR count). The fourth-order valence-corrected chi connectivity index (χ4v) is 3.83. The molecule has 21 heavy (non-hydrogen) atoms. The van der Waals surface area contributed by atoms with Crippen LogP contribution in [0.3, 0.4) is 0 Å². The summed E-state index contributed by atoms with van der Waals surface area (Å²) in [6.07, 6.45) is 5.26. The highest BCUT2D eigenvalue weighted by Gasteiger charge is 2.23. The van der Waals surface area contributed by atoms with Gasteiger partial charge in [-0.25, -0.2) is 14.8 Å². The molecule has 0 unspecified atom stereocenters. The van der Waals surface area contributed by atoms with Crippen LogP contribution in [-0.2, 0) is 4.74 Å². The summed E-state index contributed by atoms with van der Waals surface area (Å²) in [7, 11) is 0. The molecule has 0 saturated carbocycles. The number of aromatic nitrogens is 2. The summed E-state index contributed by atoms with van der Waals surface area (Å²) in [6.45, 7) is 6.21. The smallest absolute Gasteiger partial charge is 0.348 e. The third kappa shape index (κ3) is 2.60. The lowest BCUT2D eigenvalue weighted by Gasteiger charge is -2.28. The van der Waals surface area contributed by atoms with Crippen LogP contribution < -0.4 is 4.90 Å². The lowest BCUT2D eigenvalue weighted by molar-refractivity contribution is 0.0531. The van der Waals surface area contributed by atoms with E-state index in [1.165, 1.54) is 30.6 Å². The molecule has 1 saturated heterocycles. The van der Waals surface area contributed by atoms with Crippen LogP contribution in [0, 0.1) is 6.92 Å². The molecule has 0 radical (unpaired) electrons. The van der Waals surface area contributed by atoms with E-state index >= 15 is 0 Å². The minimum absolute atomic E-state index is 0.261. The number of esters is 1. The predicted molar refractivity (Wildman–Crippen MR) is 84.2 cm³/mol. The largest absolute Gasteiger partial charge is 0.462 e. The third-order valence-corrected chi connectivity index (χ3v) is 5.00. The van der Waals surface area contributed by atoms with Gasteiger partial charge in [0, 0.05) is 13.1 Å². The van der Waals surface area contributed by atoms with E-state index in [1.807, 2.05) is 13.8 Å². The Morgan fingerprint density at radius 1 is 1.33 bits per heavy atom. The van der Waals surface area contributed by atoms with Gasteiger partial charge in [-0.2, -0.15) is 0 Å². The Hall–Kier alpha value is -1.69. The van der Waals surface area contributed by atoms with Gasteiger partial charge in [-0.15, -0.1) is 11.3 Å². The van der Waals surface area contributed by atoms with Crippen LogP contribution in [0.4, 0.5) is 5.82 Å². The Morgan fingerprint density at radius 3 is 2.81 bits per heavy atom. The normalized spacial score (nSPS) is 15.4. The van der Waals surface area contributed by atoms with Gasteiger partial charge in [-0.1, -0.05) is 0 Å². The number of thiophene rings is 1. The summed E-state index contributed by atoms with van der Waals surface area (Å²) >= 11 is 1.40. The van der Waals surface area contributed by atoms with Crippen molar-refractivity contribution in [2.24, 2.45) is 0 Å². The number of aryl methyl sites for hydroxylation is 1. The average molecular weight is 305 g/mol. The molecule has 5 nitrogen and oxygen atoms in total. The van der Waals surface area contributed by atoms with Crippen molar-refractivity contribution in [2.45, 2.75) is 33.1 Å². The molecule has 0 spiro atoms. The van der Waals surface area contributed by atoms with E-state index in [0.717, 1.165) is 34.7 Å². The van der Waals surface area contributed by atoms with Crippen molar-refractivity contribution in [3.05, 3.63) is 16.8 Å². The molecule has 1 aliphatic heterocycles. The van der Waals surface area contributed by atoms with Crippen LogP contribution in [0.25, 0.3) is 10.2 Å². The van der Waals surface area contributed by atoms with Gasteiger partial charge < -0.3 is 9.64 Å². The Kier molecular flexibility index (Phi) is 4.05. The molecule has 0 aliphatic carbocycles. The number of anilines is 1. The number of hydrogen-bond donors (Lipinski definition) is 0. The Labute approximate surface area is 128 Å². The predicted octanol–water partition coefficient (Wildman–Crippen LogP) is 3.17. The molecule has 1 fully saturated rings. The van der Waals surface area contributed by atoms with Crippen molar-refractivity contribution in [3.63, 3.8) is 0 Å². The second-order valence-corrected chi connectivity index (χ2v) is 6.20. The minimum Gasteiger partial charge on any atom is -0.462 e.